The second-order valence-corrected chi connectivity index (χ2v) is 18.3. The molecule has 1 spiro atoms. The number of hydrogen-bond donors (Lipinski definition) is 3. The molecule has 0 bridgehead atoms. The van der Waals surface area contributed by atoms with Crippen LogP contribution in [0.25, 0.3) is 0 Å². The van der Waals surface area contributed by atoms with Crippen LogP contribution in [0.3, 0.4) is 0 Å². The van der Waals surface area contributed by atoms with Gasteiger partial charge in [0.15, 0.2) is 13.9 Å². The molecule has 10 nitrogen and oxygen atoms in total. The third-order valence-corrected chi connectivity index (χ3v) is 13.3. The van der Waals surface area contributed by atoms with Gasteiger partial charge in [0, 0.05) is 40.5 Å². The van der Waals surface area contributed by atoms with Crippen LogP contribution in [0.1, 0.15) is 40.4 Å². The Morgan fingerprint density at radius 2 is 1.67 bits per heavy atom. The van der Waals surface area contributed by atoms with E-state index in [1.807, 2.05) is 74.6 Å². The van der Waals surface area contributed by atoms with Crippen LogP contribution in [-0.2, 0) is 32.9 Å². The summed E-state index contributed by atoms with van der Waals surface area (Å²) >= 11 is 0. The third kappa shape index (κ3) is 6.03. The fourth-order valence-corrected chi connectivity index (χ4v) is 10.9. The van der Waals surface area contributed by atoms with E-state index in [4.69, 9.17) is 9.47 Å². The molecule has 0 unspecified atom stereocenters. The molecule has 0 radical (unpaired) electrons. The normalized spacial score (nSPS) is 24.0. The van der Waals surface area contributed by atoms with Gasteiger partial charge in [0.2, 0.25) is 5.91 Å². The topological polar surface area (TPSA) is 129 Å². The van der Waals surface area contributed by atoms with Crippen LogP contribution in [0, 0.1) is 5.92 Å². The average molecular weight is 706 g/mol. The lowest BCUT2D eigenvalue weighted by Gasteiger charge is -2.37. The summed E-state index contributed by atoms with van der Waals surface area (Å²) in [6.07, 6.45) is -0.300. The van der Waals surface area contributed by atoms with Gasteiger partial charge in [-0.1, -0.05) is 49.4 Å². The van der Waals surface area contributed by atoms with Gasteiger partial charge < -0.3 is 29.6 Å². The number of nitrogens with zero attached hydrogens (tertiary/aromatic N) is 2. The zero-order valence-electron chi connectivity index (χ0n) is 29.2. The smallest absolute Gasteiger partial charge is 0.268 e. The molecule has 4 aromatic carbocycles. The van der Waals surface area contributed by atoms with E-state index < -0.39 is 37.5 Å². The van der Waals surface area contributed by atoms with Crippen LogP contribution in [0.5, 0.6) is 5.75 Å². The van der Waals surface area contributed by atoms with E-state index in [1.54, 1.807) is 59.4 Å². The zero-order valence-corrected chi connectivity index (χ0v) is 30.2. The molecule has 5 atom stereocenters. The Balaban J connectivity index is 1.26. The van der Waals surface area contributed by atoms with E-state index in [2.05, 4.69) is 5.32 Å². The lowest BCUT2D eigenvalue weighted by molar-refractivity contribution is -0.150. The molecule has 51 heavy (non-hydrogen) atoms. The SMILES string of the molecule is COc1ccc(C(=O)Nc2ccc3c(c2)[C@]2(O[C@@H](CC(=O)N4Cc5ccccc5C[C@H]4CO)[C@H]([Si](C)(C)O)[C@H]2C)C(=O)N3c2ccccc2)cc1. The second kappa shape index (κ2) is 13.4. The Bertz CT molecular complexity index is 1970. The number of aliphatic hydroxyl groups is 1. The molecule has 3 heterocycles. The van der Waals surface area contributed by atoms with E-state index in [1.165, 1.54) is 0 Å². The Morgan fingerprint density at radius 1 is 0.980 bits per heavy atom. The molecule has 1 saturated heterocycles. The molecule has 3 amide bonds. The maximum absolute atomic E-state index is 15.0. The highest BCUT2D eigenvalue weighted by atomic mass is 28.4. The monoisotopic (exact) mass is 705 g/mol. The van der Waals surface area contributed by atoms with E-state index in [0.29, 0.717) is 46.9 Å². The fourth-order valence-electron chi connectivity index (χ4n) is 8.39. The lowest BCUT2D eigenvalue weighted by atomic mass is 9.82. The maximum atomic E-state index is 15.0. The van der Waals surface area contributed by atoms with Crippen molar-refractivity contribution in [3.63, 3.8) is 0 Å². The van der Waals surface area contributed by atoms with Crippen LogP contribution in [0.15, 0.2) is 97.1 Å². The molecular weight excluding hydrogens is 663 g/mol. The summed E-state index contributed by atoms with van der Waals surface area (Å²) in [5.74, 6) is -0.735. The molecule has 1 fully saturated rings. The first-order valence-electron chi connectivity index (χ1n) is 17.3. The van der Waals surface area contributed by atoms with E-state index in [-0.39, 0.29) is 30.7 Å². The molecular formula is C40H43N3O7Si. The number of para-hydroxylation sites is 1. The molecule has 7 rings (SSSR count). The first kappa shape index (κ1) is 34.6. The number of hydrogen-bond acceptors (Lipinski definition) is 7. The highest BCUT2D eigenvalue weighted by Crippen LogP contribution is 2.61. The van der Waals surface area contributed by atoms with Gasteiger partial charge in [-0.3, -0.25) is 19.3 Å². The van der Waals surface area contributed by atoms with Crippen molar-refractivity contribution >= 4 is 43.1 Å². The van der Waals surface area contributed by atoms with Crippen LogP contribution >= 0.6 is 0 Å². The van der Waals surface area contributed by atoms with Crippen molar-refractivity contribution < 1.29 is 33.8 Å². The average Bonchev–Trinajstić information content (AvgIpc) is 3.57. The highest BCUT2D eigenvalue weighted by molar-refractivity contribution is 6.71. The van der Waals surface area contributed by atoms with E-state index >= 15 is 0 Å². The van der Waals surface area contributed by atoms with Crippen LogP contribution in [0.4, 0.5) is 17.1 Å². The first-order chi connectivity index (χ1) is 24.5. The van der Waals surface area contributed by atoms with Crippen LogP contribution in [-0.4, -0.2) is 66.7 Å². The fraction of sp³-hybridized carbons (Fsp3) is 0.325. The van der Waals surface area contributed by atoms with Crippen molar-refractivity contribution in [1.29, 1.82) is 0 Å². The van der Waals surface area contributed by atoms with Crippen molar-refractivity contribution in [2.75, 3.05) is 23.9 Å². The largest absolute Gasteiger partial charge is 0.497 e. The number of nitrogens with one attached hydrogen (secondary N) is 1. The number of amides is 3. The van der Waals surface area contributed by atoms with E-state index in [0.717, 1.165) is 11.1 Å². The molecule has 3 N–H and O–H groups in total. The summed E-state index contributed by atoms with van der Waals surface area (Å²) in [7, 11) is -1.52. The van der Waals surface area contributed by atoms with Gasteiger partial charge in [0.25, 0.3) is 11.8 Å². The Hall–Kier alpha value is -4.81. The highest BCUT2D eigenvalue weighted by Gasteiger charge is 2.67. The summed E-state index contributed by atoms with van der Waals surface area (Å²) in [5, 5.41) is 13.3. The number of carbonyl (C=O) groups is 3. The van der Waals surface area contributed by atoms with Gasteiger partial charge in [-0.25, -0.2) is 0 Å². The minimum atomic E-state index is -3.08. The summed E-state index contributed by atoms with van der Waals surface area (Å²) in [6.45, 7) is 5.75. The molecule has 0 aromatic heterocycles. The number of rotatable bonds is 8. The molecule has 4 aromatic rings. The lowest BCUT2D eigenvalue weighted by Crippen LogP contribution is -2.48. The van der Waals surface area contributed by atoms with Crippen molar-refractivity contribution in [1.82, 2.24) is 4.90 Å². The first-order valence-corrected chi connectivity index (χ1v) is 20.4. The van der Waals surface area contributed by atoms with Gasteiger partial charge in [-0.15, -0.1) is 0 Å². The van der Waals surface area contributed by atoms with Crippen molar-refractivity contribution in [3.05, 3.63) is 119 Å². The predicted molar refractivity (Wildman–Crippen MR) is 196 cm³/mol. The van der Waals surface area contributed by atoms with E-state index in [9.17, 15) is 24.3 Å². The van der Waals surface area contributed by atoms with Gasteiger partial charge in [0.1, 0.15) is 5.75 Å². The third-order valence-electron chi connectivity index (χ3n) is 10.8. The van der Waals surface area contributed by atoms with Gasteiger partial charge in [-0.05, 0) is 85.2 Å². The minimum absolute atomic E-state index is 0.0612. The molecule has 264 valence electrons. The standard InChI is InChI=1S/C40H43N3O7Si/c1-25-37(51(3,4)48)35(22-36(45)42-23-28-11-9-8-10-27(28)20-31(42)24-44)50-40(25)33-21-29(41-38(46)26-14-17-32(49-2)18-15-26)16-19-34(33)43(39(40)47)30-12-6-5-7-13-30/h5-19,21,25,31,35,37,44,48H,20,22-24H2,1-4H3,(H,41,46)/t25-,31+,35+,37-,40+/m1/s1. The molecule has 11 heteroatoms. The Labute approximate surface area is 298 Å². The van der Waals surface area contributed by atoms with Gasteiger partial charge in [-0.2, -0.15) is 0 Å². The Kier molecular flexibility index (Phi) is 9.09. The minimum Gasteiger partial charge on any atom is -0.497 e. The number of methoxy groups -OCH3 is 1. The van der Waals surface area contributed by atoms with Crippen molar-refractivity contribution in [2.45, 2.75) is 62.7 Å². The number of ether oxygens (including phenoxy) is 2. The van der Waals surface area contributed by atoms with Crippen molar-refractivity contribution in [3.8, 4) is 5.75 Å². The quantitative estimate of drug-likeness (QED) is 0.199. The summed E-state index contributed by atoms with van der Waals surface area (Å²) in [5.41, 5.74) is 2.84. The van der Waals surface area contributed by atoms with Crippen molar-refractivity contribution in [2.24, 2.45) is 5.92 Å². The molecule has 3 aliphatic rings. The number of anilines is 3. The second-order valence-electron chi connectivity index (χ2n) is 14.3. The molecule has 0 saturated carbocycles. The Morgan fingerprint density at radius 3 is 2.33 bits per heavy atom. The predicted octanol–water partition coefficient (Wildman–Crippen LogP) is 5.76. The molecule has 3 aliphatic heterocycles. The summed E-state index contributed by atoms with van der Waals surface area (Å²) in [4.78, 5) is 57.6. The maximum Gasteiger partial charge on any atom is 0.268 e. The number of aliphatic hydroxyl groups excluding tert-OH is 1. The van der Waals surface area contributed by atoms with Gasteiger partial charge >= 0.3 is 0 Å². The van der Waals surface area contributed by atoms with Crippen LogP contribution < -0.4 is 15.0 Å². The number of fused-ring (bicyclic) bond motifs is 3. The summed E-state index contributed by atoms with van der Waals surface area (Å²) < 4.78 is 12.2. The number of carbonyl (C=O) groups excluding carboxylic acids is 3. The number of benzene rings is 4. The zero-order chi connectivity index (χ0) is 36.1. The van der Waals surface area contributed by atoms with Gasteiger partial charge in [0.05, 0.1) is 38.0 Å². The summed E-state index contributed by atoms with van der Waals surface area (Å²) in [6, 6.07) is 29.0. The van der Waals surface area contributed by atoms with Crippen LogP contribution in [0.2, 0.25) is 18.6 Å². The molecule has 0 aliphatic carbocycles.